The van der Waals surface area contributed by atoms with Crippen molar-refractivity contribution < 1.29 is 19.0 Å². The van der Waals surface area contributed by atoms with Gasteiger partial charge in [0.1, 0.15) is 25.5 Å². The van der Waals surface area contributed by atoms with Gasteiger partial charge in [-0.2, -0.15) is 0 Å². The van der Waals surface area contributed by atoms with Crippen LogP contribution >= 0.6 is 0 Å². The lowest BCUT2D eigenvalue weighted by Crippen LogP contribution is -2.17. The van der Waals surface area contributed by atoms with E-state index < -0.39 is 0 Å². The number of para-hydroxylation sites is 1. The van der Waals surface area contributed by atoms with Gasteiger partial charge in [0.05, 0.1) is 0 Å². The van der Waals surface area contributed by atoms with Gasteiger partial charge in [0, 0.05) is 18.3 Å². The molecule has 0 radical (unpaired) electrons. The number of nitrogens with zero attached hydrogens (tertiary/aromatic N) is 1. The molecule has 5 nitrogen and oxygen atoms in total. The minimum atomic E-state index is -0.361. The summed E-state index contributed by atoms with van der Waals surface area (Å²) in [4.78, 5) is 12.5. The van der Waals surface area contributed by atoms with Crippen LogP contribution in [0.25, 0.3) is 0 Å². The minimum absolute atomic E-state index is 0.141. The molecule has 1 aromatic heterocycles. The zero-order valence-electron chi connectivity index (χ0n) is 14.3. The number of hydrogen-bond donors (Lipinski definition) is 0. The number of hydrogen-bond acceptors (Lipinski definition) is 4. The summed E-state index contributed by atoms with van der Waals surface area (Å²) >= 11 is 0. The topological polar surface area (TPSA) is 49.7 Å². The Morgan fingerprint density at radius 1 is 0.962 bits per heavy atom. The average molecular weight is 349 g/mol. The van der Waals surface area contributed by atoms with E-state index in [1.165, 1.54) is 0 Å². The van der Waals surface area contributed by atoms with E-state index in [4.69, 9.17) is 14.2 Å². The van der Waals surface area contributed by atoms with Crippen molar-refractivity contribution >= 4 is 5.97 Å². The summed E-state index contributed by atoms with van der Waals surface area (Å²) in [5.41, 5.74) is 2.45. The summed E-state index contributed by atoms with van der Waals surface area (Å²) in [5, 5.41) is 0. The molecule has 0 N–H and O–H groups in total. The third kappa shape index (κ3) is 3.42. The van der Waals surface area contributed by atoms with Crippen molar-refractivity contribution in [3.8, 4) is 11.5 Å². The summed E-state index contributed by atoms with van der Waals surface area (Å²) in [6.07, 6.45) is 1.88. The van der Waals surface area contributed by atoms with Crippen LogP contribution in [0.4, 0.5) is 0 Å². The molecule has 1 aliphatic heterocycles. The standard InChI is InChI=1S/C21H19NO4/c23-21(18-9-5-11-22(18)14-16-6-2-1-3-7-16)26-15-17-8-4-10-19-20(17)25-13-12-24-19/h1-11H,12-15H2. The van der Waals surface area contributed by atoms with Crippen molar-refractivity contribution in [1.29, 1.82) is 0 Å². The largest absolute Gasteiger partial charge is 0.486 e. The second kappa shape index (κ2) is 7.35. The maximum absolute atomic E-state index is 12.5. The van der Waals surface area contributed by atoms with Gasteiger partial charge in [-0.05, 0) is 23.8 Å². The van der Waals surface area contributed by atoms with Crippen LogP contribution in [0.15, 0.2) is 66.9 Å². The SMILES string of the molecule is O=C(OCc1cccc2c1OCCO2)c1cccn1Cc1ccccc1. The molecule has 0 unspecified atom stereocenters. The van der Waals surface area contributed by atoms with E-state index in [9.17, 15) is 4.79 Å². The second-order valence-corrected chi connectivity index (χ2v) is 6.02. The average Bonchev–Trinajstić information content (AvgIpc) is 3.15. The van der Waals surface area contributed by atoms with Gasteiger partial charge in [0.15, 0.2) is 11.5 Å². The molecule has 0 spiro atoms. The molecule has 1 aliphatic rings. The maximum Gasteiger partial charge on any atom is 0.355 e. The van der Waals surface area contributed by atoms with Gasteiger partial charge in [0.25, 0.3) is 0 Å². The van der Waals surface area contributed by atoms with Crippen LogP contribution in [0.3, 0.4) is 0 Å². The fraction of sp³-hybridized carbons (Fsp3) is 0.190. The fourth-order valence-corrected chi connectivity index (χ4v) is 2.98. The third-order valence-electron chi connectivity index (χ3n) is 4.24. The second-order valence-electron chi connectivity index (χ2n) is 6.02. The summed E-state index contributed by atoms with van der Waals surface area (Å²) in [5.74, 6) is 0.990. The highest BCUT2D eigenvalue weighted by molar-refractivity contribution is 5.87. The molecular weight excluding hydrogens is 330 g/mol. The summed E-state index contributed by atoms with van der Waals surface area (Å²) < 4.78 is 18.6. The van der Waals surface area contributed by atoms with Crippen LogP contribution in [0.2, 0.25) is 0 Å². The number of ether oxygens (including phenoxy) is 3. The predicted octanol–water partition coefficient (Wildman–Crippen LogP) is 3.66. The van der Waals surface area contributed by atoms with Crippen molar-refractivity contribution in [1.82, 2.24) is 4.57 Å². The Bertz CT molecular complexity index is 901. The van der Waals surface area contributed by atoms with Gasteiger partial charge in [-0.15, -0.1) is 0 Å². The van der Waals surface area contributed by atoms with Crippen LogP contribution < -0.4 is 9.47 Å². The van der Waals surface area contributed by atoms with Crippen LogP contribution in [-0.4, -0.2) is 23.8 Å². The highest BCUT2D eigenvalue weighted by Gasteiger charge is 2.18. The first kappa shape index (κ1) is 16.3. The normalized spacial score (nSPS) is 12.6. The van der Waals surface area contributed by atoms with E-state index in [1.807, 2.05) is 65.4 Å². The molecule has 3 aromatic rings. The van der Waals surface area contributed by atoms with E-state index >= 15 is 0 Å². The molecule has 26 heavy (non-hydrogen) atoms. The van der Waals surface area contributed by atoms with Gasteiger partial charge in [-0.25, -0.2) is 4.79 Å². The Balaban J connectivity index is 1.46. The molecule has 2 aromatic carbocycles. The molecule has 132 valence electrons. The lowest BCUT2D eigenvalue weighted by atomic mass is 10.2. The van der Waals surface area contributed by atoms with Gasteiger partial charge in [-0.3, -0.25) is 0 Å². The van der Waals surface area contributed by atoms with E-state index in [0.717, 1.165) is 11.1 Å². The summed E-state index contributed by atoms with van der Waals surface area (Å²) in [6, 6.07) is 19.2. The minimum Gasteiger partial charge on any atom is -0.486 e. The number of carbonyl (C=O) groups is 1. The third-order valence-corrected chi connectivity index (χ3v) is 4.24. The number of fused-ring (bicyclic) bond motifs is 1. The van der Waals surface area contributed by atoms with Crippen LogP contribution in [0, 0.1) is 0 Å². The zero-order valence-corrected chi connectivity index (χ0v) is 14.3. The molecule has 0 saturated carbocycles. The van der Waals surface area contributed by atoms with Crippen LogP contribution in [-0.2, 0) is 17.9 Å². The molecule has 0 bridgehead atoms. The Kier molecular flexibility index (Phi) is 4.60. The molecule has 5 heteroatoms. The number of rotatable bonds is 5. The van der Waals surface area contributed by atoms with Gasteiger partial charge >= 0.3 is 5.97 Å². The van der Waals surface area contributed by atoms with Crippen LogP contribution in [0.1, 0.15) is 21.6 Å². The van der Waals surface area contributed by atoms with E-state index in [1.54, 1.807) is 6.07 Å². The molecule has 0 saturated heterocycles. The van der Waals surface area contributed by atoms with Crippen molar-refractivity contribution in [2.75, 3.05) is 13.2 Å². The van der Waals surface area contributed by atoms with Gasteiger partial charge in [0.2, 0.25) is 0 Å². The predicted molar refractivity (Wildman–Crippen MR) is 96.5 cm³/mol. The van der Waals surface area contributed by atoms with Crippen molar-refractivity contribution in [3.63, 3.8) is 0 Å². The summed E-state index contributed by atoms with van der Waals surface area (Å²) in [7, 11) is 0. The van der Waals surface area contributed by atoms with E-state index in [2.05, 4.69) is 0 Å². The van der Waals surface area contributed by atoms with E-state index in [-0.39, 0.29) is 12.6 Å². The van der Waals surface area contributed by atoms with Crippen molar-refractivity contribution in [2.45, 2.75) is 13.2 Å². The highest BCUT2D eigenvalue weighted by Crippen LogP contribution is 2.34. The zero-order chi connectivity index (χ0) is 17.8. The van der Waals surface area contributed by atoms with Crippen molar-refractivity contribution in [3.05, 3.63) is 83.7 Å². The fourth-order valence-electron chi connectivity index (χ4n) is 2.98. The maximum atomic E-state index is 12.5. The first-order valence-electron chi connectivity index (χ1n) is 8.55. The first-order valence-corrected chi connectivity index (χ1v) is 8.55. The lowest BCUT2D eigenvalue weighted by molar-refractivity contribution is 0.0454. The highest BCUT2D eigenvalue weighted by atomic mass is 16.6. The number of esters is 1. The Morgan fingerprint density at radius 3 is 2.69 bits per heavy atom. The summed E-state index contributed by atoms with van der Waals surface area (Å²) in [6.45, 7) is 1.79. The number of carbonyl (C=O) groups excluding carboxylic acids is 1. The quantitative estimate of drug-likeness (QED) is 0.660. The van der Waals surface area contributed by atoms with Crippen LogP contribution in [0.5, 0.6) is 11.5 Å². The Hall–Kier alpha value is -3.21. The monoisotopic (exact) mass is 349 g/mol. The molecule has 0 fully saturated rings. The van der Waals surface area contributed by atoms with Crippen molar-refractivity contribution in [2.24, 2.45) is 0 Å². The number of benzene rings is 2. The molecular formula is C21H19NO4. The lowest BCUT2D eigenvalue weighted by Gasteiger charge is -2.20. The molecule has 2 heterocycles. The van der Waals surface area contributed by atoms with Gasteiger partial charge < -0.3 is 18.8 Å². The van der Waals surface area contributed by atoms with Gasteiger partial charge in [-0.1, -0.05) is 42.5 Å². The molecule has 0 aliphatic carbocycles. The smallest absolute Gasteiger partial charge is 0.355 e. The first-order chi connectivity index (χ1) is 12.8. The molecule has 0 amide bonds. The Labute approximate surface area is 151 Å². The number of aromatic nitrogens is 1. The molecule has 0 atom stereocenters. The van der Waals surface area contributed by atoms with E-state index in [0.29, 0.717) is 37.0 Å². The Morgan fingerprint density at radius 2 is 1.81 bits per heavy atom. The molecule has 4 rings (SSSR count).